The van der Waals surface area contributed by atoms with Crippen LogP contribution in [0.4, 0.5) is 10.1 Å². The van der Waals surface area contributed by atoms with Gasteiger partial charge in [0.25, 0.3) is 0 Å². The summed E-state index contributed by atoms with van der Waals surface area (Å²) in [7, 11) is 0. The van der Waals surface area contributed by atoms with Crippen molar-refractivity contribution in [2.75, 3.05) is 5.73 Å². The van der Waals surface area contributed by atoms with E-state index in [1.807, 2.05) is 30.3 Å². The van der Waals surface area contributed by atoms with E-state index in [9.17, 15) is 4.39 Å². The molecule has 19 heavy (non-hydrogen) atoms. The molecule has 3 aromatic carbocycles. The van der Waals surface area contributed by atoms with Crippen molar-refractivity contribution in [1.82, 2.24) is 0 Å². The molecular formula is C17H14FN. The summed E-state index contributed by atoms with van der Waals surface area (Å²) in [6.07, 6.45) is 0. The zero-order valence-electron chi connectivity index (χ0n) is 10.7. The monoisotopic (exact) mass is 251 g/mol. The highest BCUT2D eigenvalue weighted by Gasteiger charge is 2.09. The number of hydrogen-bond donors (Lipinski definition) is 1. The van der Waals surface area contributed by atoms with Crippen LogP contribution >= 0.6 is 0 Å². The molecule has 0 aromatic heterocycles. The second-order valence-corrected chi connectivity index (χ2v) is 4.71. The number of hydrogen-bond acceptors (Lipinski definition) is 1. The largest absolute Gasteiger partial charge is 0.398 e. The summed E-state index contributed by atoms with van der Waals surface area (Å²) in [5.41, 5.74) is 9.50. The summed E-state index contributed by atoms with van der Waals surface area (Å²) in [4.78, 5) is 0. The van der Waals surface area contributed by atoms with E-state index in [-0.39, 0.29) is 5.82 Å². The number of nitrogens with two attached hydrogens (primary N) is 1. The fourth-order valence-corrected chi connectivity index (χ4v) is 2.45. The Morgan fingerprint density at radius 2 is 1.58 bits per heavy atom. The van der Waals surface area contributed by atoms with Crippen molar-refractivity contribution >= 4 is 16.5 Å². The molecule has 0 amide bonds. The van der Waals surface area contributed by atoms with Crippen molar-refractivity contribution in [2.24, 2.45) is 0 Å². The quantitative estimate of drug-likeness (QED) is 0.631. The van der Waals surface area contributed by atoms with Crippen LogP contribution in [-0.2, 0) is 0 Å². The maximum atomic E-state index is 13.5. The lowest BCUT2D eigenvalue weighted by Crippen LogP contribution is -1.92. The molecule has 3 aromatic rings. The smallest absolute Gasteiger partial charge is 0.123 e. The average molecular weight is 251 g/mol. The van der Waals surface area contributed by atoms with Crippen LogP contribution in [0.5, 0.6) is 0 Å². The van der Waals surface area contributed by atoms with E-state index >= 15 is 0 Å². The Morgan fingerprint density at radius 1 is 0.842 bits per heavy atom. The highest BCUT2D eigenvalue weighted by molar-refractivity contribution is 6.00. The summed E-state index contributed by atoms with van der Waals surface area (Å²) in [6.45, 7) is 2.07. The van der Waals surface area contributed by atoms with Crippen molar-refractivity contribution < 1.29 is 4.39 Å². The zero-order chi connectivity index (χ0) is 13.4. The first-order valence-corrected chi connectivity index (χ1v) is 6.20. The van der Waals surface area contributed by atoms with E-state index in [0.717, 1.165) is 16.5 Å². The van der Waals surface area contributed by atoms with Gasteiger partial charge in [-0.25, -0.2) is 4.39 Å². The molecule has 0 aliphatic rings. The highest BCUT2D eigenvalue weighted by atomic mass is 19.1. The Hall–Kier alpha value is -2.35. The summed E-state index contributed by atoms with van der Waals surface area (Å²) < 4.78 is 13.5. The molecule has 3 rings (SSSR count). The Bertz CT molecular complexity index is 762. The summed E-state index contributed by atoms with van der Waals surface area (Å²) in [5, 5.41) is 2.27. The van der Waals surface area contributed by atoms with E-state index in [1.165, 1.54) is 23.1 Å². The lowest BCUT2D eigenvalue weighted by atomic mass is 9.94. The van der Waals surface area contributed by atoms with E-state index in [4.69, 9.17) is 5.73 Å². The molecule has 0 atom stereocenters. The Balaban J connectivity index is 2.37. The lowest BCUT2D eigenvalue weighted by molar-refractivity contribution is 0.628. The standard InChI is InChI=1S/C17H14FN/c1-11-6-8-15(14-5-3-2-4-13(11)14)16-10-12(18)7-9-17(16)19/h2-10H,19H2,1H3. The normalized spacial score (nSPS) is 10.8. The summed E-state index contributed by atoms with van der Waals surface area (Å²) in [6, 6.07) is 16.6. The number of benzene rings is 3. The Kier molecular flexibility index (Phi) is 2.71. The minimum atomic E-state index is -0.270. The molecule has 0 radical (unpaired) electrons. The average Bonchev–Trinajstić information content (AvgIpc) is 2.43. The molecule has 0 aliphatic carbocycles. The zero-order valence-corrected chi connectivity index (χ0v) is 10.7. The van der Waals surface area contributed by atoms with Gasteiger partial charge in [-0.15, -0.1) is 0 Å². The van der Waals surface area contributed by atoms with Crippen molar-refractivity contribution in [3.8, 4) is 11.1 Å². The third-order valence-corrected chi connectivity index (χ3v) is 3.45. The number of rotatable bonds is 1. The van der Waals surface area contributed by atoms with Crippen molar-refractivity contribution in [3.05, 3.63) is 66.0 Å². The van der Waals surface area contributed by atoms with Gasteiger partial charge in [0, 0.05) is 11.3 Å². The fraction of sp³-hybridized carbons (Fsp3) is 0.0588. The summed E-state index contributed by atoms with van der Waals surface area (Å²) in [5.74, 6) is -0.270. The second kappa shape index (κ2) is 4.39. The molecule has 1 nitrogen and oxygen atoms in total. The maximum absolute atomic E-state index is 13.5. The van der Waals surface area contributed by atoms with Gasteiger partial charge in [0.05, 0.1) is 0 Å². The molecule has 0 saturated carbocycles. The number of anilines is 1. The molecule has 94 valence electrons. The van der Waals surface area contributed by atoms with Crippen molar-refractivity contribution in [3.63, 3.8) is 0 Å². The molecular weight excluding hydrogens is 237 g/mol. The fourth-order valence-electron chi connectivity index (χ4n) is 2.45. The van der Waals surface area contributed by atoms with Gasteiger partial charge in [-0.3, -0.25) is 0 Å². The molecule has 0 unspecified atom stereocenters. The predicted molar refractivity (Wildman–Crippen MR) is 78.5 cm³/mol. The van der Waals surface area contributed by atoms with Crippen LogP contribution in [0.3, 0.4) is 0 Å². The van der Waals surface area contributed by atoms with Crippen LogP contribution in [0.2, 0.25) is 0 Å². The van der Waals surface area contributed by atoms with Gasteiger partial charge in [-0.05, 0) is 47.0 Å². The Labute approximate surface area is 111 Å². The molecule has 2 heteroatoms. The first-order valence-electron chi connectivity index (χ1n) is 6.20. The number of aryl methyl sites for hydroxylation is 1. The third-order valence-electron chi connectivity index (χ3n) is 3.45. The molecule has 0 spiro atoms. The predicted octanol–water partition coefficient (Wildman–Crippen LogP) is 4.54. The Morgan fingerprint density at radius 3 is 2.37 bits per heavy atom. The topological polar surface area (TPSA) is 26.0 Å². The highest BCUT2D eigenvalue weighted by Crippen LogP contribution is 2.34. The molecule has 0 fully saturated rings. The van der Waals surface area contributed by atoms with Crippen molar-refractivity contribution in [1.29, 1.82) is 0 Å². The van der Waals surface area contributed by atoms with Crippen LogP contribution in [0, 0.1) is 12.7 Å². The number of nitrogen functional groups attached to an aromatic ring is 1. The van der Waals surface area contributed by atoms with Crippen LogP contribution in [0.25, 0.3) is 21.9 Å². The molecule has 2 N–H and O–H groups in total. The minimum absolute atomic E-state index is 0.270. The summed E-state index contributed by atoms with van der Waals surface area (Å²) >= 11 is 0. The molecule has 0 bridgehead atoms. The van der Waals surface area contributed by atoms with Gasteiger partial charge in [-0.1, -0.05) is 36.4 Å². The van der Waals surface area contributed by atoms with Gasteiger partial charge in [0.2, 0.25) is 0 Å². The number of fused-ring (bicyclic) bond motifs is 1. The molecule has 0 aliphatic heterocycles. The maximum Gasteiger partial charge on any atom is 0.123 e. The van der Waals surface area contributed by atoms with Crippen molar-refractivity contribution in [2.45, 2.75) is 6.92 Å². The van der Waals surface area contributed by atoms with Gasteiger partial charge in [0.15, 0.2) is 0 Å². The molecule has 0 heterocycles. The first kappa shape index (κ1) is 11.7. The number of halogens is 1. The van der Waals surface area contributed by atoms with Crippen LogP contribution in [0.15, 0.2) is 54.6 Å². The van der Waals surface area contributed by atoms with E-state index in [2.05, 4.69) is 13.0 Å². The lowest BCUT2D eigenvalue weighted by Gasteiger charge is -2.11. The first-order chi connectivity index (χ1) is 9.16. The van der Waals surface area contributed by atoms with E-state index in [0.29, 0.717) is 5.69 Å². The third kappa shape index (κ3) is 1.95. The SMILES string of the molecule is Cc1ccc(-c2cc(F)ccc2N)c2ccccc12. The molecule has 0 saturated heterocycles. The van der Waals surface area contributed by atoms with Crippen LogP contribution in [0.1, 0.15) is 5.56 Å². The minimum Gasteiger partial charge on any atom is -0.398 e. The van der Waals surface area contributed by atoms with Gasteiger partial charge in [-0.2, -0.15) is 0 Å². The second-order valence-electron chi connectivity index (χ2n) is 4.71. The van der Waals surface area contributed by atoms with Gasteiger partial charge >= 0.3 is 0 Å². The van der Waals surface area contributed by atoms with Crippen LogP contribution < -0.4 is 5.73 Å². The van der Waals surface area contributed by atoms with E-state index < -0.39 is 0 Å². The van der Waals surface area contributed by atoms with Gasteiger partial charge < -0.3 is 5.73 Å². The van der Waals surface area contributed by atoms with E-state index in [1.54, 1.807) is 6.07 Å². The van der Waals surface area contributed by atoms with Crippen LogP contribution in [-0.4, -0.2) is 0 Å². The van der Waals surface area contributed by atoms with Gasteiger partial charge in [0.1, 0.15) is 5.82 Å².